The molecule has 4 aromatic rings. The van der Waals surface area contributed by atoms with E-state index in [9.17, 15) is 4.79 Å². The maximum absolute atomic E-state index is 12.1. The van der Waals surface area contributed by atoms with E-state index in [1.165, 1.54) is 0 Å². The summed E-state index contributed by atoms with van der Waals surface area (Å²) in [7, 11) is 0. The lowest BCUT2D eigenvalue weighted by molar-refractivity contribution is 0.547. The highest BCUT2D eigenvalue weighted by molar-refractivity contribution is 6.33. The number of para-hydroxylation sites is 1. The van der Waals surface area contributed by atoms with Gasteiger partial charge in [-0.1, -0.05) is 41.9 Å². The zero-order chi connectivity index (χ0) is 15.8. The van der Waals surface area contributed by atoms with Crippen molar-refractivity contribution in [3.8, 4) is 22.9 Å². The van der Waals surface area contributed by atoms with Gasteiger partial charge in [-0.25, -0.2) is 4.79 Å². The third-order valence-electron chi connectivity index (χ3n) is 3.40. The van der Waals surface area contributed by atoms with E-state index in [2.05, 4.69) is 10.2 Å². The Morgan fingerprint density at radius 3 is 2.35 bits per heavy atom. The summed E-state index contributed by atoms with van der Waals surface area (Å²) in [6.07, 6.45) is 0. The van der Waals surface area contributed by atoms with Crippen LogP contribution in [-0.2, 0) is 0 Å². The molecule has 0 aliphatic carbocycles. The third-order valence-corrected chi connectivity index (χ3v) is 3.73. The molecule has 2 heterocycles. The Hall–Kier alpha value is -2.92. The first-order chi connectivity index (χ1) is 11.2. The van der Waals surface area contributed by atoms with Gasteiger partial charge in [0, 0.05) is 5.39 Å². The normalized spacial score (nSPS) is 11.0. The summed E-state index contributed by atoms with van der Waals surface area (Å²) in [5, 5.41) is 9.17. The van der Waals surface area contributed by atoms with Crippen LogP contribution in [0.3, 0.4) is 0 Å². The number of hydrogen-bond acceptors (Lipinski definition) is 5. The molecule has 0 aliphatic rings. The van der Waals surface area contributed by atoms with Crippen molar-refractivity contribution in [1.82, 2.24) is 10.2 Å². The number of fused-ring (bicyclic) bond motifs is 1. The maximum atomic E-state index is 12.1. The summed E-state index contributed by atoms with van der Waals surface area (Å²) in [6.45, 7) is 0. The molecule has 23 heavy (non-hydrogen) atoms. The molecule has 6 heteroatoms. The summed E-state index contributed by atoms with van der Waals surface area (Å²) >= 11 is 6.12. The fraction of sp³-hybridized carbons (Fsp3) is 0. The molecule has 0 fully saturated rings. The lowest BCUT2D eigenvalue weighted by atomic mass is 10.2. The summed E-state index contributed by atoms with van der Waals surface area (Å²) in [6, 6.07) is 16.0. The minimum Gasteiger partial charge on any atom is -0.422 e. The molecule has 2 aromatic heterocycles. The van der Waals surface area contributed by atoms with Crippen molar-refractivity contribution >= 4 is 22.6 Å². The van der Waals surface area contributed by atoms with E-state index in [1.54, 1.807) is 36.4 Å². The van der Waals surface area contributed by atoms with Gasteiger partial charge in [0.05, 0.1) is 10.6 Å². The molecular formula is C17H9ClN2O3. The molecule has 0 unspecified atom stereocenters. The molecule has 0 amide bonds. The summed E-state index contributed by atoms with van der Waals surface area (Å²) in [5.41, 5.74) is 0.803. The van der Waals surface area contributed by atoms with Crippen molar-refractivity contribution in [2.75, 3.05) is 0 Å². The van der Waals surface area contributed by atoms with Crippen molar-refractivity contribution in [3.05, 3.63) is 70.0 Å². The fourth-order valence-electron chi connectivity index (χ4n) is 2.29. The number of benzene rings is 2. The molecular weight excluding hydrogens is 316 g/mol. The fourth-order valence-corrected chi connectivity index (χ4v) is 2.50. The van der Waals surface area contributed by atoms with Gasteiger partial charge in [-0.05, 0) is 24.3 Å². The van der Waals surface area contributed by atoms with Crippen LogP contribution < -0.4 is 5.63 Å². The quantitative estimate of drug-likeness (QED) is 0.518. The molecule has 112 valence electrons. The van der Waals surface area contributed by atoms with Crippen molar-refractivity contribution < 1.29 is 8.83 Å². The van der Waals surface area contributed by atoms with Gasteiger partial charge < -0.3 is 8.83 Å². The Bertz CT molecular complexity index is 1070. The minimum absolute atomic E-state index is 0.0967. The Morgan fingerprint density at radius 2 is 1.52 bits per heavy atom. The number of nitrogens with zero attached hydrogens (tertiary/aromatic N) is 2. The molecule has 0 aliphatic heterocycles. The first kappa shape index (κ1) is 13.7. The number of halogens is 1. The van der Waals surface area contributed by atoms with E-state index in [4.69, 9.17) is 20.4 Å². The highest BCUT2D eigenvalue weighted by Gasteiger charge is 2.16. The highest BCUT2D eigenvalue weighted by atomic mass is 35.5. The first-order valence-electron chi connectivity index (χ1n) is 6.84. The van der Waals surface area contributed by atoms with Crippen LogP contribution in [0.15, 0.2) is 68.2 Å². The molecule has 0 atom stereocenters. The standard InChI is InChI=1S/C17H9ClN2O3/c18-13-7-3-2-6-11(13)15-19-20-16(23-15)12-9-10-5-1-4-8-14(10)22-17(12)21/h1-9H. The second-order valence-corrected chi connectivity index (χ2v) is 5.28. The smallest absolute Gasteiger partial charge is 0.349 e. The van der Waals surface area contributed by atoms with Gasteiger partial charge in [0.25, 0.3) is 5.89 Å². The highest BCUT2D eigenvalue weighted by Crippen LogP contribution is 2.28. The second kappa shape index (κ2) is 5.37. The monoisotopic (exact) mass is 324 g/mol. The summed E-state index contributed by atoms with van der Waals surface area (Å²) in [5.74, 6) is 0.345. The molecule has 4 rings (SSSR count). The van der Waals surface area contributed by atoms with Gasteiger partial charge in [0.15, 0.2) is 0 Å². The van der Waals surface area contributed by atoms with Crippen LogP contribution in [0, 0.1) is 0 Å². The van der Waals surface area contributed by atoms with Gasteiger partial charge in [0.2, 0.25) is 5.89 Å². The molecule has 0 N–H and O–H groups in total. The summed E-state index contributed by atoms with van der Waals surface area (Å²) < 4.78 is 10.9. The van der Waals surface area contributed by atoms with E-state index < -0.39 is 5.63 Å². The molecule has 0 bridgehead atoms. The van der Waals surface area contributed by atoms with Crippen LogP contribution in [0.5, 0.6) is 0 Å². The lowest BCUT2D eigenvalue weighted by Crippen LogP contribution is -2.02. The Balaban J connectivity index is 1.85. The predicted molar refractivity (Wildman–Crippen MR) is 86.2 cm³/mol. The topological polar surface area (TPSA) is 69.1 Å². The molecule has 0 saturated heterocycles. The van der Waals surface area contributed by atoms with Gasteiger partial charge in [0.1, 0.15) is 11.1 Å². The molecule has 2 aromatic carbocycles. The number of aromatic nitrogens is 2. The van der Waals surface area contributed by atoms with Crippen molar-refractivity contribution in [1.29, 1.82) is 0 Å². The van der Waals surface area contributed by atoms with Gasteiger partial charge in [-0.3, -0.25) is 0 Å². The Morgan fingerprint density at radius 1 is 0.826 bits per heavy atom. The van der Waals surface area contributed by atoms with Gasteiger partial charge in [-0.15, -0.1) is 10.2 Å². The molecule has 0 saturated carbocycles. The SMILES string of the molecule is O=c1oc2ccccc2cc1-c1nnc(-c2ccccc2Cl)o1. The van der Waals surface area contributed by atoms with E-state index in [0.29, 0.717) is 16.2 Å². The maximum Gasteiger partial charge on any atom is 0.349 e. The molecule has 0 radical (unpaired) electrons. The van der Waals surface area contributed by atoms with Crippen LogP contribution in [0.2, 0.25) is 5.02 Å². The lowest BCUT2D eigenvalue weighted by Gasteiger charge is -1.98. The van der Waals surface area contributed by atoms with Gasteiger partial charge >= 0.3 is 5.63 Å². The van der Waals surface area contributed by atoms with E-state index in [-0.39, 0.29) is 17.3 Å². The van der Waals surface area contributed by atoms with E-state index >= 15 is 0 Å². The van der Waals surface area contributed by atoms with Crippen LogP contribution in [0.4, 0.5) is 0 Å². The van der Waals surface area contributed by atoms with E-state index in [1.807, 2.05) is 18.2 Å². The van der Waals surface area contributed by atoms with Crippen LogP contribution >= 0.6 is 11.6 Å². The zero-order valence-electron chi connectivity index (χ0n) is 11.7. The van der Waals surface area contributed by atoms with Crippen LogP contribution in [0.1, 0.15) is 0 Å². The Kier molecular flexibility index (Phi) is 3.20. The number of rotatable bonds is 2. The van der Waals surface area contributed by atoms with E-state index in [0.717, 1.165) is 5.39 Å². The first-order valence-corrected chi connectivity index (χ1v) is 7.22. The molecule has 5 nitrogen and oxygen atoms in total. The summed E-state index contributed by atoms with van der Waals surface area (Å²) in [4.78, 5) is 12.1. The average Bonchev–Trinajstić information content (AvgIpc) is 3.04. The van der Waals surface area contributed by atoms with Crippen LogP contribution in [-0.4, -0.2) is 10.2 Å². The largest absolute Gasteiger partial charge is 0.422 e. The van der Waals surface area contributed by atoms with Crippen molar-refractivity contribution in [3.63, 3.8) is 0 Å². The van der Waals surface area contributed by atoms with Crippen molar-refractivity contribution in [2.45, 2.75) is 0 Å². The Labute approximate surface area is 135 Å². The van der Waals surface area contributed by atoms with Crippen molar-refractivity contribution in [2.24, 2.45) is 0 Å². The molecule has 0 spiro atoms. The van der Waals surface area contributed by atoms with Gasteiger partial charge in [-0.2, -0.15) is 0 Å². The minimum atomic E-state index is -0.530. The second-order valence-electron chi connectivity index (χ2n) is 4.88. The predicted octanol–water partition coefficient (Wildman–Crippen LogP) is 4.16. The zero-order valence-corrected chi connectivity index (χ0v) is 12.4. The number of hydrogen-bond donors (Lipinski definition) is 0. The van der Waals surface area contributed by atoms with Crippen LogP contribution in [0.25, 0.3) is 33.9 Å². The average molecular weight is 325 g/mol. The third kappa shape index (κ3) is 2.41.